The maximum atomic E-state index is 4.76. The van der Waals surface area contributed by atoms with E-state index >= 15 is 0 Å². The molecule has 3 rings (SSSR count). The second-order valence-electron chi connectivity index (χ2n) is 4.57. The molecule has 0 aliphatic heterocycles. The number of pyridine rings is 1. The van der Waals surface area contributed by atoms with E-state index in [2.05, 4.69) is 26.8 Å². The summed E-state index contributed by atoms with van der Waals surface area (Å²) in [5.74, 6) is 0. The van der Waals surface area contributed by atoms with Crippen molar-refractivity contribution >= 4 is 28.4 Å². The Labute approximate surface area is 137 Å². The van der Waals surface area contributed by atoms with Crippen molar-refractivity contribution in [3.05, 3.63) is 57.8 Å². The topological polar surface area (TPSA) is 42.5 Å². The number of hydrogen-bond donors (Lipinski definition) is 0. The Morgan fingerprint density at radius 1 is 1.23 bits per heavy atom. The zero-order valence-electron chi connectivity index (χ0n) is 12.4. The Balaban J connectivity index is 2.13. The summed E-state index contributed by atoms with van der Waals surface area (Å²) in [4.78, 5) is 11.0. The first-order valence-corrected chi connectivity index (χ1v) is 8.77. The Morgan fingerprint density at radius 2 is 2.14 bits per heavy atom. The molecule has 3 aromatic heterocycles. The predicted octanol–water partition coefficient (Wildman–Crippen LogP) is 3.87. The van der Waals surface area contributed by atoms with E-state index in [1.165, 1.54) is 4.88 Å². The van der Waals surface area contributed by atoms with Gasteiger partial charge in [-0.2, -0.15) is 5.10 Å². The lowest BCUT2D eigenvalue weighted by molar-refractivity contribution is 0.828. The predicted molar refractivity (Wildman–Crippen MR) is 93.6 cm³/mol. The number of nitrogens with zero attached hydrogens (tertiary/aromatic N) is 4. The summed E-state index contributed by atoms with van der Waals surface area (Å²) in [5.41, 5.74) is 2.82. The van der Waals surface area contributed by atoms with Gasteiger partial charge in [0.25, 0.3) is 0 Å². The second kappa shape index (κ2) is 6.81. The fraction of sp³-hybridized carbons (Fsp3) is 0.188. The minimum Gasteiger partial charge on any atom is -0.258 e. The molecular weight excluding hydrogens is 312 g/mol. The van der Waals surface area contributed by atoms with Gasteiger partial charge in [0, 0.05) is 18.1 Å². The van der Waals surface area contributed by atoms with Crippen LogP contribution in [0, 0.1) is 0 Å². The number of thiophene rings is 1. The Kier molecular flexibility index (Phi) is 4.60. The summed E-state index contributed by atoms with van der Waals surface area (Å²) >= 11 is 3.32. The highest BCUT2D eigenvalue weighted by Gasteiger charge is 2.09. The molecule has 22 heavy (non-hydrogen) atoms. The zero-order valence-corrected chi connectivity index (χ0v) is 14.1. The average molecular weight is 328 g/mol. The van der Waals surface area contributed by atoms with Gasteiger partial charge in [-0.15, -0.1) is 22.7 Å². The van der Waals surface area contributed by atoms with Crippen LogP contribution in [0.3, 0.4) is 0 Å². The molecule has 0 unspecified atom stereocenters. The molecule has 0 N–H and O–H groups in total. The standard InChI is InChI=1S/C16H16N4S2/c1-3-17-16-20(14(11-22-16)15-8-6-10-21-15)19-12(2)13-7-4-5-9-18-13/h4-11H,3H2,1-2H3/b17-16?,19-12+. The van der Waals surface area contributed by atoms with E-state index in [-0.39, 0.29) is 0 Å². The maximum absolute atomic E-state index is 4.76. The van der Waals surface area contributed by atoms with Crippen LogP contribution in [0.25, 0.3) is 10.6 Å². The van der Waals surface area contributed by atoms with Gasteiger partial charge in [0.15, 0.2) is 0 Å². The number of hydrogen-bond acceptors (Lipinski definition) is 5. The molecule has 3 aromatic rings. The SMILES string of the molecule is CCN=c1scc(-c2cccs2)n1/N=C(\C)c1ccccn1. The van der Waals surface area contributed by atoms with Gasteiger partial charge in [0.2, 0.25) is 4.80 Å². The second-order valence-corrected chi connectivity index (χ2v) is 6.35. The molecule has 0 atom stereocenters. The Bertz CT molecular complexity index is 827. The molecule has 0 aromatic carbocycles. The third-order valence-electron chi connectivity index (χ3n) is 3.04. The van der Waals surface area contributed by atoms with E-state index in [4.69, 9.17) is 5.10 Å². The largest absolute Gasteiger partial charge is 0.258 e. The third-order valence-corrected chi connectivity index (χ3v) is 4.78. The average Bonchev–Trinajstić information content (AvgIpc) is 3.19. The smallest absolute Gasteiger partial charge is 0.206 e. The van der Waals surface area contributed by atoms with Gasteiger partial charge in [0.05, 0.1) is 22.0 Å². The molecule has 0 saturated heterocycles. The van der Waals surface area contributed by atoms with Crippen molar-refractivity contribution < 1.29 is 0 Å². The fourth-order valence-electron chi connectivity index (χ4n) is 2.01. The van der Waals surface area contributed by atoms with Gasteiger partial charge >= 0.3 is 0 Å². The van der Waals surface area contributed by atoms with Crippen LogP contribution in [0.1, 0.15) is 19.5 Å². The van der Waals surface area contributed by atoms with Gasteiger partial charge in [-0.25, -0.2) is 4.68 Å². The summed E-state index contributed by atoms with van der Waals surface area (Å²) in [6.45, 7) is 4.74. The van der Waals surface area contributed by atoms with Crippen LogP contribution < -0.4 is 4.80 Å². The van der Waals surface area contributed by atoms with Crippen molar-refractivity contribution in [1.82, 2.24) is 9.66 Å². The molecule has 112 valence electrons. The first kappa shape index (κ1) is 14.9. The summed E-state index contributed by atoms with van der Waals surface area (Å²) in [5, 5.41) is 8.94. The van der Waals surface area contributed by atoms with Crippen molar-refractivity contribution in [2.45, 2.75) is 13.8 Å². The van der Waals surface area contributed by atoms with Crippen LogP contribution in [0.15, 0.2) is 57.4 Å². The van der Waals surface area contributed by atoms with E-state index in [0.717, 1.165) is 28.4 Å². The lowest BCUT2D eigenvalue weighted by Gasteiger charge is -2.04. The van der Waals surface area contributed by atoms with Crippen molar-refractivity contribution in [3.8, 4) is 10.6 Å². The summed E-state index contributed by atoms with van der Waals surface area (Å²) in [6, 6.07) is 9.99. The van der Waals surface area contributed by atoms with Gasteiger partial charge in [0.1, 0.15) is 0 Å². The highest BCUT2D eigenvalue weighted by atomic mass is 32.1. The molecule has 0 saturated carbocycles. The summed E-state index contributed by atoms with van der Waals surface area (Å²) in [7, 11) is 0. The number of aromatic nitrogens is 2. The van der Waals surface area contributed by atoms with Crippen molar-refractivity contribution in [1.29, 1.82) is 0 Å². The van der Waals surface area contributed by atoms with Crippen LogP contribution in [0.2, 0.25) is 0 Å². The zero-order chi connectivity index (χ0) is 15.4. The Morgan fingerprint density at radius 3 is 2.82 bits per heavy atom. The van der Waals surface area contributed by atoms with Crippen molar-refractivity contribution in [2.24, 2.45) is 10.1 Å². The number of thiazole rings is 1. The number of rotatable bonds is 4. The molecule has 6 heteroatoms. The minimum atomic E-state index is 0.739. The van der Waals surface area contributed by atoms with E-state index in [1.807, 2.05) is 42.8 Å². The van der Waals surface area contributed by atoms with Gasteiger partial charge in [-0.1, -0.05) is 12.1 Å². The highest BCUT2D eigenvalue weighted by Crippen LogP contribution is 2.25. The fourth-order valence-corrected chi connectivity index (χ4v) is 3.70. The monoisotopic (exact) mass is 328 g/mol. The lowest BCUT2D eigenvalue weighted by Crippen LogP contribution is -2.14. The van der Waals surface area contributed by atoms with Crippen LogP contribution in [0.4, 0.5) is 0 Å². The highest BCUT2D eigenvalue weighted by molar-refractivity contribution is 7.14. The van der Waals surface area contributed by atoms with E-state index in [1.54, 1.807) is 28.9 Å². The third kappa shape index (κ3) is 3.08. The van der Waals surface area contributed by atoms with Crippen LogP contribution in [0.5, 0.6) is 0 Å². The van der Waals surface area contributed by atoms with Crippen molar-refractivity contribution in [2.75, 3.05) is 6.54 Å². The quantitative estimate of drug-likeness (QED) is 0.670. The van der Waals surface area contributed by atoms with Gasteiger partial charge < -0.3 is 0 Å². The van der Waals surface area contributed by atoms with E-state index in [0.29, 0.717) is 0 Å². The lowest BCUT2D eigenvalue weighted by atomic mass is 10.3. The molecule has 4 nitrogen and oxygen atoms in total. The molecule has 0 amide bonds. The molecule has 0 aliphatic rings. The first-order chi connectivity index (χ1) is 10.8. The van der Waals surface area contributed by atoms with E-state index < -0.39 is 0 Å². The molecule has 0 radical (unpaired) electrons. The molecular formula is C16H16N4S2. The first-order valence-electron chi connectivity index (χ1n) is 7.01. The Hall–Kier alpha value is -2.05. The van der Waals surface area contributed by atoms with Crippen molar-refractivity contribution in [3.63, 3.8) is 0 Å². The van der Waals surface area contributed by atoms with E-state index in [9.17, 15) is 0 Å². The minimum absolute atomic E-state index is 0.739. The van der Waals surface area contributed by atoms with Crippen LogP contribution in [-0.2, 0) is 0 Å². The molecule has 0 bridgehead atoms. The summed E-state index contributed by atoms with van der Waals surface area (Å²) < 4.78 is 1.92. The molecule has 0 spiro atoms. The molecule has 3 heterocycles. The summed E-state index contributed by atoms with van der Waals surface area (Å²) in [6.07, 6.45) is 1.78. The normalized spacial score (nSPS) is 12.8. The van der Waals surface area contributed by atoms with Gasteiger partial charge in [-0.05, 0) is 37.4 Å². The molecule has 0 fully saturated rings. The molecule has 0 aliphatic carbocycles. The van der Waals surface area contributed by atoms with Crippen LogP contribution in [-0.4, -0.2) is 21.9 Å². The van der Waals surface area contributed by atoms with Gasteiger partial charge in [-0.3, -0.25) is 9.98 Å². The maximum Gasteiger partial charge on any atom is 0.206 e. The van der Waals surface area contributed by atoms with Crippen LogP contribution >= 0.6 is 22.7 Å².